The van der Waals surface area contributed by atoms with E-state index in [2.05, 4.69) is 41.9 Å². The Hall–Kier alpha value is -0.380. The van der Waals surface area contributed by atoms with Crippen LogP contribution < -0.4 is 5.32 Å². The van der Waals surface area contributed by atoms with Crippen molar-refractivity contribution in [3.05, 3.63) is 32.7 Å². The van der Waals surface area contributed by atoms with Gasteiger partial charge in [-0.15, -0.1) is 12.4 Å². The van der Waals surface area contributed by atoms with E-state index in [0.29, 0.717) is 6.04 Å². The van der Waals surface area contributed by atoms with Gasteiger partial charge in [0.05, 0.1) is 11.7 Å². The van der Waals surface area contributed by atoms with Crippen molar-refractivity contribution in [2.24, 2.45) is 5.92 Å². The molecule has 1 aliphatic carbocycles. The molecule has 0 aromatic carbocycles. The van der Waals surface area contributed by atoms with Gasteiger partial charge < -0.3 is 10.2 Å². The van der Waals surface area contributed by atoms with Gasteiger partial charge in [0, 0.05) is 18.0 Å². The summed E-state index contributed by atoms with van der Waals surface area (Å²) in [4.78, 5) is 6.17. The van der Waals surface area contributed by atoms with Gasteiger partial charge in [0.1, 0.15) is 0 Å². The minimum atomic E-state index is 0. The first-order valence-electron chi connectivity index (χ1n) is 11.1. The summed E-state index contributed by atoms with van der Waals surface area (Å²) in [6.07, 6.45) is 16.1. The van der Waals surface area contributed by atoms with Crippen molar-refractivity contribution in [2.45, 2.75) is 84.1 Å². The van der Waals surface area contributed by atoms with Gasteiger partial charge in [0.25, 0.3) is 0 Å². The Balaban J connectivity index is 0.00000210. The predicted molar refractivity (Wildman–Crippen MR) is 121 cm³/mol. The van der Waals surface area contributed by atoms with E-state index in [1.165, 1.54) is 70.8 Å². The number of fused-ring (bicyclic) bond motifs is 2. The van der Waals surface area contributed by atoms with Crippen LogP contribution in [0.5, 0.6) is 0 Å². The third-order valence-corrected chi connectivity index (χ3v) is 8.15. The zero-order valence-electron chi connectivity index (χ0n) is 17.2. The van der Waals surface area contributed by atoms with Crippen molar-refractivity contribution in [1.29, 1.82) is 0 Å². The molecule has 4 aliphatic rings. The van der Waals surface area contributed by atoms with Crippen LogP contribution in [0.1, 0.15) is 78.1 Å². The molecule has 0 aromatic heterocycles. The number of thioether (sulfide) groups is 1. The highest BCUT2D eigenvalue weighted by atomic mass is 35.5. The maximum absolute atomic E-state index is 3.62. The number of rotatable bonds is 7. The van der Waals surface area contributed by atoms with Crippen LogP contribution in [0.25, 0.3) is 0 Å². The van der Waals surface area contributed by atoms with E-state index in [1.807, 2.05) is 0 Å². The number of allylic oxidation sites excluding steroid dienone is 3. The molecule has 0 bridgehead atoms. The fraction of sp³-hybridized carbons (Fsp3) is 0.739. The number of unbranched alkanes of at least 4 members (excludes halogenated alkanes) is 3. The van der Waals surface area contributed by atoms with Crippen molar-refractivity contribution in [1.82, 2.24) is 10.2 Å². The Kier molecular flexibility index (Phi) is 7.82. The van der Waals surface area contributed by atoms with Gasteiger partial charge >= 0.3 is 0 Å². The molecule has 0 amide bonds. The van der Waals surface area contributed by atoms with Crippen LogP contribution in [-0.2, 0) is 0 Å². The van der Waals surface area contributed by atoms with E-state index in [9.17, 15) is 0 Å². The number of piperidine rings is 1. The summed E-state index contributed by atoms with van der Waals surface area (Å²) >= 11 is 2.17. The summed E-state index contributed by atoms with van der Waals surface area (Å²) in [6.45, 7) is 8.16. The van der Waals surface area contributed by atoms with Gasteiger partial charge in [-0.25, -0.2) is 0 Å². The molecule has 3 aliphatic heterocycles. The molecule has 0 spiro atoms. The predicted octanol–water partition coefficient (Wildman–Crippen LogP) is 6.41. The first kappa shape index (κ1) is 21.3. The van der Waals surface area contributed by atoms with Crippen molar-refractivity contribution in [3.63, 3.8) is 0 Å². The summed E-state index contributed by atoms with van der Waals surface area (Å²) in [5.74, 6) is 0.784. The molecule has 2 atom stereocenters. The van der Waals surface area contributed by atoms with Gasteiger partial charge in [-0.1, -0.05) is 57.4 Å². The van der Waals surface area contributed by atoms with Gasteiger partial charge in [-0.05, 0) is 67.0 Å². The lowest BCUT2D eigenvalue weighted by Crippen LogP contribution is -2.40. The standard InChI is InChI=1S/C23H36N2S.ClH/c1-3-5-6-7-9-17(4-2)21-13-15-25-20-12-14-24-16-19(20)18-10-8-11-22(26-21)23(18)25;/h13,17,20,24H,3-12,14-16H2,1-2H3;1H. The van der Waals surface area contributed by atoms with E-state index >= 15 is 0 Å². The first-order valence-corrected chi connectivity index (χ1v) is 12.0. The molecule has 1 saturated heterocycles. The van der Waals surface area contributed by atoms with Crippen LogP contribution in [-0.4, -0.2) is 30.6 Å². The molecule has 0 radical (unpaired) electrons. The third-order valence-electron chi connectivity index (χ3n) is 6.78. The largest absolute Gasteiger partial charge is 0.360 e. The second-order valence-electron chi connectivity index (χ2n) is 8.43. The van der Waals surface area contributed by atoms with Crippen LogP contribution >= 0.6 is 24.2 Å². The van der Waals surface area contributed by atoms with Crippen molar-refractivity contribution >= 4 is 24.2 Å². The van der Waals surface area contributed by atoms with E-state index in [1.54, 1.807) is 26.7 Å². The van der Waals surface area contributed by atoms with E-state index < -0.39 is 0 Å². The van der Waals surface area contributed by atoms with Crippen LogP contribution in [0.4, 0.5) is 0 Å². The fourth-order valence-electron chi connectivity index (χ4n) is 5.34. The van der Waals surface area contributed by atoms with E-state index in [-0.39, 0.29) is 12.4 Å². The molecule has 27 heavy (non-hydrogen) atoms. The van der Waals surface area contributed by atoms with Crippen LogP contribution in [0.2, 0.25) is 0 Å². The quantitative estimate of drug-likeness (QED) is 0.490. The van der Waals surface area contributed by atoms with Gasteiger partial charge in [0.15, 0.2) is 0 Å². The monoisotopic (exact) mass is 408 g/mol. The summed E-state index contributed by atoms with van der Waals surface area (Å²) in [6, 6.07) is 0.690. The Bertz CT molecular complexity index is 622. The Labute approximate surface area is 176 Å². The Morgan fingerprint density at radius 2 is 2.11 bits per heavy atom. The average Bonchev–Trinajstić information content (AvgIpc) is 2.87. The number of nitrogens with zero attached hydrogens (tertiary/aromatic N) is 1. The van der Waals surface area contributed by atoms with Gasteiger partial charge in [-0.2, -0.15) is 0 Å². The lowest BCUT2D eigenvalue weighted by Gasteiger charge is -2.32. The SMILES string of the molecule is CCCCCCC(CC)C1=CCN2C3=C(CCCC3=C3CNCCC32)S1.Cl. The highest BCUT2D eigenvalue weighted by molar-refractivity contribution is 8.06. The lowest BCUT2D eigenvalue weighted by molar-refractivity contribution is 0.299. The minimum absolute atomic E-state index is 0. The molecule has 1 fully saturated rings. The number of halogens is 1. The average molecular weight is 409 g/mol. The molecule has 152 valence electrons. The van der Waals surface area contributed by atoms with Crippen LogP contribution in [0.15, 0.2) is 32.7 Å². The lowest BCUT2D eigenvalue weighted by atomic mass is 9.93. The molecule has 0 saturated carbocycles. The van der Waals surface area contributed by atoms with E-state index in [0.717, 1.165) is 19.0 Å². The third kappa shape index (κ3) is 4.31. The zero-order chi connectivity index (χ0) is 17.9. The van der Waals surface area contributed by atoms with Gasteiger partial charge in [-0.3, -0.25) is 0 Å². The summed E-state index contributed by atoms with van der Waals surface area (Å²) in [5, 5.41) is 3.62. The molecule has 0 aromatic rings. The number of nitrogens with one attached hydrogen (secondary N) is 1. The second kappa shape index (κ2) is 9.89. The second-order valence-corrected chi connectivity index (χ2v) is 9.59. The molecule has 4 rings (SSSR count). The van der Waals surface area contributed by atoms with E-state index in [4.69, 9.17) is 0 Å². The summed E-state index contributed by atoms with van der Waals surface area (Å²) in [5.41, 5.74) is 5.12. The maximum atomic E-state index is 3.62. The van der Waals surface area contributed by atoms with Crippen molar-refractivity contribution < 1.29 is 0 Å². The molecular weight excluding hydrogens is 372 g/mol. The van der Waals surface area contributed by atoms with Crippen molar-refractivity contribution in [3.8, 4) is 0 Å². The Morgan fingerprint density at radius 1 is 1.22 bits per heavy atom. The fourth-order valence-corrected chi connectivity index (χ4v) is 6.82. The highest BCUT2D eigenvalue weighted by Gasteiger charge is 2.40. The first-order chi connectivity index (χ1) is 12.8. The summed E-state index contributed by atoms with van der Waals surface area (Å²) in [7, 11) is 0. The topological polar surface area (TPSA) is 15.3 Å². The molecule has 2 nitrogen and oxygen atoms in total. The molecule has 4 heteroatoms. The Morgan fingerprint density at radius 3 is 2.93 bits per heavy atom. The number of hydrogen-bond acceptors (Lipinski definition) is 3. The zero-order valence-corrected chi connectivity index (χ0v) is 18.8. The molecule has 1 N–H and O–H groups in total. The smallest absolute Gasteiger partial charge is 0.0537 e. The van der Waals surface area contributed by atoms with Gasteiger partial charge in [0.2, 0.25) is 0 Å². The van der Waals surface area contributed by atoms with Crippen LogP contribution in [0.3, 0.4) is 0 Å². The highest BCUT2D eigenvalue weighted by Crippen LogP contribution is 2.51. The molecular formula is C23H37ClN2S. The maximum Gasteiger partial charge on any atom is 0.0537 e. The number of hydrogen-bond donors (Lipinski definition) is 1. The van der Waals surface area contributed by atoms with Crippen molar-refractivity contribution in [2.75, 3.05) is 19.6 Å². The minimum Gasteiger partial charge on any atom is -0.360 e. The van der Waals surface area contributed by atoms with Crippen LogP contribution in [0, 0.1) is 5.92 Å². The molecule has 3 heterocycles. The summed E-state index contributed by atoms with van der Waals surface area (Å²) < 4.78 is 0. The normalized spacial score (nSPS) is 25.5. The molecule has 2 unspecified atom stereocenters.